The summed E-state index contributed by atoms with van der Waals surface area (Å²) in [5, 5.41) is 5.14. The quantitative estimate of drug-likeness (QED) is 0.474. The molecule has 3 aromatic rings. The number of benzene rings is 3. The average molecular weight is 349 g/mol. The van der Waals surface area contributed by atoms with Gasteiger partial charge in [0.05, 0.1) is 5.69 Å². The maximum absolute atomic E-state index is 12.2. The molecule has 3 nitrogen and oxygen atoms in total. The van der Waals surface area contributed by atoms with Gasteiger partial charge >= 0.3 is 0 Å². The van der Waals surface area contributed by atoms with E-state index in [-0.39, 0.29) is 12.5 Å². The van der Waals surface area contributed by atoms with Gasteiger partial charge in [0.1, 0.15) is 5.75 Å². The molecule has 0 saturated carbocycles. The fourth-order valence-electron chi connectivity index (χ4n) is 2.44. The van der Waals surface area contributed by atoms with Gasteiger partial charge in [-0.1, -0.05) is 48.5 Å². The molecule has 1 amide bonds. The topological polar surface area (TPSA) is 38.3 Å². The lowest BCUT2D eigenvalue weighted by Crippen LogP contribution is -2.20. The van der Waals surface area contributed by atoms with E-state index in [0.717, 1.165) is 27.1 Å². The van der Waals surface area contributed by atoms with Crippen LogP contribution in [-0.4, -0.2) is 18.3 Å². The molecule has 3 rings (SSSR count). The molecule has 0 fully saturated rings. The van der Waals surface area contributed by atoms with E-state index in [1.807, 2.05) is 72.8 Å². The van der Waals surface area contributed by atoms with Gasteiger partial charge in [-0.05, 0) is 35.0 Å². The Hall–Kier alpha value is -2.72. The van der Waals surface area contributed by atoms with Crippen LogP contribution in [-0.2, 0) is 4.79 Å². The van der Waals surface area contributed by atoms with Crippen LogP contribution < -0.4 is 10.1 Å². The smallest absolute Gasteiger partial charge is 0.262 e. The fourth-order valence-corrected chi connectivity index (χ4v) is 3.18. The summed E-state index contributed by atoms with van der Waals surface area (Å²) in [6, 6.07) is 21.6. The van der Waals surface area contributed by atoms with Gasteiger partial charge in [-0.2, -0.15) is 0 Å². The van der Waals surface area contributed by atoms with Crippen molar-refractivity contribution < 1.29 is 9.53 Å². The second-order valence-corrected chi connectivity index (χ2v) is 6.50. The van der Waals surface area contributed by atoms with Crippen molar-refractivity contribution in [2.24, 2.45) is 0 Å². The lowest BCUT2D eigenvalue weighted by Gasteiger charge is -2.11. The van der Waals surface area contributed by atoms with E-state index in [2.05, 4.69) is 11.9 Å². The first-order valence-corrected chi connectivity index (χ1v) is 8.99. The number of carbonyl (C=O) groups excluding carboxylic acids is 1. The largest absolute Gasteiger partial charge is 0.484 e. The first kappa shape index (κ1) is 17.1. The summed E-state index contributed by atoms with van der Waals surface area (Å²) in [4.78, 5) is 13.2. The van der Waals surface area contributed by atoms with E-state index in [1.54, 1.807) is 11.8 Å². The van der Waals surface area contributed by atoms with E-state index in [0.29, 0.717) is 5.75 Å². The Labute approximate surface area is 151 Å². The molecule has 0 bridgehead atoms. The van der Waals surface area contributed by atoms with Crippen LogP contribution in [0, 0.1) is 0 Å². The first-order valence-electron chi connectivity index (χ1n) is 8.00. The molecule has 0 saturated heterocycles. The Morgan fingerprint density at radius 3 is 2.64 bits per heavy atom. The Balaban J connectivity index is 1.61. The third kappa shape index (κ3) is 4.64. The first-order chi connectivity index (χ1) is 12.3. The molecule has 0 spiro atoms. The number of nitrogens with one attached hydrogen (secondary N) is 1. The minimum absolute atomic E-state index is 0.0290. The van der Waals surface area contributed by atoms with Crippen molar-refractivity contribution in [1.82, 2.24) is 0 Å². The zero-order chi connectivity index (χ0) is 17.5. The highest BCUT2D eigenvalue weighted by molar-refractivity contribution is 7.99. The minimum atomic E-state index is -0.181. The SMILES string of the molecule is C=CCSc1ccccc1NC(=O)COc1ccc2ccccc2c1. The van der Waals surface area contributed by atoms with E-state index >= 15 is 0 Å². The lowest BCUT2D eigenvalue weighted by atomic mass is 10.1. The summed E-state index contributed by atoms with van der Waals surface area (Å²) >= 11 is 1.63. The molecule has 0 heterocycles. The van der Waals surface area contributed by atoms with Gasteiger partial charge in [0, 0.05) is 10.6 Å². The number of ether oxygens (including phenoxy) is 1. The molecule has 4 heteroatoms. The highest BCUT2D eigenvalue weighted by Gasteiger charge is 2.08. The van der Waals surface area contributed by atoms with Crippen molar-refractivity contribution in [3.05, 3.63) is 79.4 Å². The van der Waals surface area contributed by atoms with Crippen molar-refractivity contribution >= 4 is 34.1 Å². The van der Waals surface area contributed by atoms with Gasteiger partial charge in [-0.25, -0.2) is 0 Å². The number of para-hydroxylation sites is 1. The van der Waals surface area contributed by atoms with Crippen molar-refractivity contribution in [3.8, 4) is 5.75 Å². The van der Waals surface area contributed by atoms with Gasteiger partial charge in [0.2, 0.25) is 0 Å². The van der Waals surface area contributed by atoms with E-state index in [1.165, 1.54) is 0 Å². The molecule has 0 atom stereocenters. The predicted molar refractivity (Wildman–Crippen MR) is 105 cm³/mol. The number of amides is 1. The van der Waals surface area contributed by atoms with Crippen LogP contribution in [0.3, 0.4) is 0 Å². The summed E-state index contributed by atoms with van der Waals surface area (Å²) in [7, 11) is 0. The van der Waals surface area contributed by atoms with E-state index < -0.39 is 0 Å². The van der Waals surface area contributed by atoms with Crippen LogP contribution in [0.2, 0.25) is 0 Å². The molecule has 0 aromatic heterocycles. The monoisotopic (exact) mass is 349 g/mol. The van der Waals surface area contributed by atoms with E-state index in [9.17, 15) is 4.79 Å². The fraction of sp³-hybridized carbons (Fsp3) is 0.0952. The molecule has 0 unspecified atom stereocenters. The average Bonchev–Trinajstić information content (AvgIpc) is 2.65. The van der Waals surface area contributed by atoms with Crippen LogP contribution >= 0.6 is 11.8 Å². The summed E-state index contributed by atoms with van der Waals surface area (Å²) in [5.41, 5.74) is 0.793. The maximum atomic E-state index is 12.2. The summed E-state index contributed by atoms with van der Waals surface area (Å²) in [6.45, 7) is 3.69. The van der Waals surface area contributed by atoms with Crippen LogP contribution in [0.25, 0.3) is 10.8 Å². The van der Waals surface area contributed by atoms with Crippen LogP contribution in [0.5, 0.6) is 5.75 Å². The molecule has 0 aliphatic rings. The molecule has 0 aliphatic carbocycles. The molecule has 1 N–H and O–H groups in total. The maximum Gasteiger partial charge on any atom is 0.262 e. The molecular formula is C21H19NO2S. The predicted octanol–water partition coefficient (Wildman–Crippen LogP) is 5.14. The molecule has 0 aliphatic heterocycles. The summed E-state index contributed by atoms with van der Waals surface area (Å²) < 4.78 is 5.63. The lowest BCUT2D eigenvalue weighted by molar-refractivity contribution is -0.118. The van der Waals surface area contributed by atoms with Crippen molar-refractivity contribution in [3.63, 3.8) is 0 Å². The summed E-state index contributed by atoms with van der Waals surface area (Å²) in [6.07, 6.45) is 1.84. The third-order valence-corrected chi connectivity index (χ3v) is 4.68. The third-order valence-electron chi connectivity index (χ3n) is 3.61. The second-order valence-electron chi connectivity index (χ2n) is 5.44. The zero-order valence-corrected chi connectivity index (χ0v) is 14.6. The zero-order valence-electron chi connectivity index (χ0n) is 13.8. The standard InChI is InChI=1S/C21H19NO2S/c1-2-13-25-20-10-6-5-9-19(20)22-21(23)15-24-18-12-11-16-7-3-4-8-17(16)14-18/h2-12,14H,1,13,15H2,(H,22,23). The Morgan fingerprint density at radius 2 is 1.80 bits per heavy atom. The highest BCUT2D eigenvalue weighted by atomic mass is 32.2. The van der Waals surface area contributed by atoms with Crippen molar-refractivity contribution in [2.75, 3.05) is 17.7 Å². The van der Waals surface area contributed by atoms with Crippen LogP contribution in [0.4, 0.5) is 5.69 Å². The molecular weight excluding hydrogens is 330 g/mol. The number of thioether (sulfide) groups is 1. The normalized spacial score (nSPS) is 10.4. The van der Waals surface area contributed by atoms with Gasteiger partial charge in [0.25, 0.3) is 5.91 Å². The number of anilines is 1. The van der Waals surface area contributed by atoms with Crippen molar-refractivity contribution in [1.29, 1.82) is 0 Å². The Bertz CT molecular complexity index is 892. The Morgan fingerprint density at radius 1 is 1.04 bits per heavy atom. The van der Waals surface area contributed by atoms with E-state index in [4.69, 9.17) is 4.74 Å². The number of carbonyl (C=O) groups is 1. The number of hydrogen-bond donors (Lipinski definition) is 1. The van der Waals surface area contributed by atoms with Gasteiger partial charge < -0.3 is 10.1 Å². The molecule has 126 valence electrons. The minimum Gasteiger partial charge on any atom is -0.484 e. The second kappa shape index (κ2) is 8.40. The molecule has 25 heavy (non-hydrogen) atoms. The van der Waals surface area contributed by atoms with Crippen LogP contribution in [0.1, 0.15) is 0 Å². The van der Waals surface area contributed by atoms with Gasteiger partial charge in [-0.3, -0.25) is 4.79 Å². The number of fused-ring (bicyclic) bond motifs is 1. The van der Waals surface area contributed by atoms with Crippen molar-refractivity contribution in [2.45, 2.75) is 4.90 Å². The van der Waals surface area contributed by atoms with Gasteiger partial charge in [-0.15, -0.1) is 18.3 Å². The van der Waals surface area contributed by atoms with Gasteiger partial charge in [0.15, 0.2) is 6.61 Å². The Kier molecular flexibility index (Phi) is 5.75. The molecule has 3 aromatic carbocycles. The molecule has 0 radical (unpaired) electrons. The number of rotatable bonds is 7. The number of hydrogen-bond acceptors (Lipinski definition) is 3. The highest BCUT2D eigenvalue weighted by Crippen LogP contribution is 2.27. The summed E-state index contributed by atoms with van der Waals surface area (Å²) in [5.74, 6) is 1.29. The van der Waals surface area contributed by atoms with Crippen LogP contribution in [0.15, 0.2) is 84.3 Å².